The van der Waals surface area contributed by atoms with Crippen molar-refractivity contribution in [1.82, 2.24) is 20.6 Å². The lowest BCUT2D eigenvalue weighted by atomic mass is 9.62. The van der Waals surface area contributed by atoms with Crippen LogP contribution in [0.4, 0.5) is 0 Å². The van der Waals surface area contributed by atoms with Crippen molar-refractivity contribution in [2.75, 3.05) is 27.2 Å². The molecule has 3 amide bonds. The molecule has 1 saturated carbocycles. The van der Waals surface area contributed by atoms with Crippen molar-refractivity contribution >= 4 is 29.8 Å². The fourth-order valence-corrected chi connectivity index (χ4v) is 8.02. The van der Waals surface area contributed by atoms with Gasteiger partial charge in [0.25, 0.3) is 0 Å². The number of likely N-dealkylation sites (N-methyl/N-ethyl adjacent to an activating group) is 1. The first kappa shape index (κ1) is 34.3. The Morgan fingerprint density at radius 3 is 2.48 bits per heavy atom. The first-order chi connectivity index (χ1) is 23.9. The van der Waals surface area contributed by atoms with E-state index in [-0.39, 0.29) is 32.0 Å². The molecule has 4 N–H and O–H groups in total. The summed E-state index contributed by atoms with van der Waals surface area (Å²) in [5.41, 5.74) is 2.07. The summed E-state index contributed by atoms with van der Waals surface area (Å²) >= 11 is 0. The van der Waals surface area contributed by atoms with Crippen molar-refractivity contribution in [3.63, 3.8) is 0 Å². The number of carbonyl (C=O) groups is 4. The summed E-state index contributed by atoms with van der Waals surface area (Å²) in [7, 11) is 3.32. The van der Waals surface area contributed by atoms with E-state index in [1.165, 1.54) is 23.0 Å². The molecule has 3 heterocycles. The molecule has 14 heteroatoms. The van der Waals surface area contributed by atoms with Gasteiger partial charge >= 0.3 is 5.97 Å². The number of benzene rings is 2. The van der Waals surface area contributed by atoms with E-state index in [0.717, 1.165) is 22.3 Å². The number of ether oxygens (including phenoxy) is 3. The molecule has 266 valence electrons. The average Bonchev–Trinajstić information content (AvgIpc) is 3.76. The van der Waals surface area contributed by atoms with E-state index >= 15 is 0 Å². The molecule has 0 radical (unpaired) electrons. The Labute approximate surface area is 289 Å². The number of esters is 1. The summed E-state index contributed by atoms with van der Waals surface area (Å²) < 4.78 is 19.4. The van der Waals surface area contributed by atoms with Crippen LogP contribution in [0.25, 0.3) is 6.08 Å². The van der Waals surface area contributed by atoms with Crippen molar-refractivity contribution in [3.05, 3.63) is 76.9 Å². The van der Waals surface area contributed by atoms with Gasteiger partial charge in [0.15, 0.2) is 11.8 Å². The topological polar surface area (TPSA) is 176 Å². The van der Waals surface area contributed by atoms with Gasteiger partial charge in [-0.1, -0.05) is 48.5 Å². The third-order valence-electron chi connectivity index (χ3n) is 10.3. The average molecular weight is 691 g/mol. The lowest BCUT2D eigenvalue weighted by molar-refractivity contribution is -0.217. The first-order valence-electron chi connectivity index (χ1n) is 16.9. The van der Waals surface area contributed by atoms with Crippen LogP contribution >= 0.6 is 0 Å². The van der Waals surface area contributed by atoms with Gasteiger partial charge in [-0.3, -0.25) is 24.0 Å². The number of amides is 3. The molecule has 2 bridgehead atoms. The molecule has 7 rings (SSSR count). The zero-order chi connectivity index (χ0) is 35.4. The standard InChI is InChI=1S/C36H42N4O10/c1-20(42)27(32(44)37-13-14-41)38-34(46)36-18-25-28-29(49-35(48-28)16-23-9-4-5-10-24(23)17-35)31(36)50-40(30(36)33(45)47-25)19-22-8-6-7-21(15-22)11-12-26(43)39(2)3/h4-12,15,20,25,27-31,41-42H,13-14,16-19H2,1-3H3,(H,37,44)(H,38,46). The lowest BCUT2D eigenvalue weighted by Crippen LogP contribution is -2.71. The number of hydrogen-bond donors (Lipinski definition) is 4. The molecule has 5 aliphatic rings. The lowest BCUT2D eigenvalue weighted by Gasteiger charge is -2.49. The van der Waals surface area contributed by atoms with Gasteiger partial charge in [-0.05, 0) is 35.3 Å². The molecule has 50 heavy (non-hydrogen) atoms. The Kier molecular flexibility index (Phi) is 9.03. The SMILES string of the molecule is CC(O)C(NC(=O)C12CC3OC(=O)C1N(Cc1cccc(C=CC(=O)N(C)C)c1)OC2C1OC2(Cc4ccccc4C2)OC31)C(=O)NCCO. The maximum Gasteiger partial charge on any atom is 0.327 e. The quantitative estimate of drug-likeness (QED) is 0.193. The number of aliphatic hydroxyl groups excluding tert-OH is 2. The van der Waals surface area contributed by atoms with Gasteiger partial charge in [-0.2, -0.15) is 5.06 Å². The molecule has 2 aliphatic carbocycles. The summed E-state index contributed by atoms with van der Waals surface area (Å²) in [4.78, 5) is 61.9. The molecule has 8 unspecified atom stereocenters. The third-order valence-corrected chi connectivity index (χ3v) is 10.3. The predicted octanol–water partition coefficient (Wildman–Crippen LogP) is -0.159. The van der Waals surface area contributed by atoms with Crippen LogP contribution < -0.4 is 10.6 Å². The molecule has 14 nitrogen and oxygen atoms in total. The Morgan fingerprint density at radius 1 is 1.08 bits per heavy atom. The summed E-state index contributed by atoms with van der Waals surface area (Å²) in [5.74, 6) is -3.25. The highest BCUT2D eigenvalue weighted by molar-refractivity contribution is 5.96. The van der Waals surface area contributed by atoms with Crippen LogP contribution in [0.1, 0.15) is 35.6 Å². The second-order valence-corrected chi connectivity index (χ2v) is 13.9. The van der Waals surface area contributed by atoms with Gasteiger partial charge < -0.3 is 40.0 Å². The van der Waals surface area contributed by atoms with Gasteiger partial charge in [0.2, 0.25) is 17.7 Å². The van der Waals surface area contributed by atoms with Crippen LogP contribution in [-0.4, -0.2) is 120 Å². The van der Waals surface area contributed by atoms with Gasteiger partial charge in [-0.25, -0.2) is 0 Å². The molecule has 3 saturated heterocycles. The van der Waals surface area contributed by atoms with E-state index in [4.69, 9.17) is 19.0 Å². The number of hydrogen-bond acceptors (Lipinski definition) is 11. The molecule has 4 fully saturated rings. The smallest absolute Gasteiger partial charge is 0.327 e. The van der Waals surface area contributed by atoms with Crippen molar-refractivity contribution in [2.45, 2.75) is 81.1 Å². The van der Waals surface area contributed by atoms with Crippen LogP contribution in [0.15, 0.2) is 54.6 Å². The second kappa shape index (κ2) is 13.2. The predicted molar refractivity (Wildman–Crippen MR) is 175 cm³/mol. The second-order valence-electron chi connectivity index (χ2n) is 13.9. The fourth-order valence-electron chi connectivity index (χ4n) is 8.02. The number of nitrogens with zero attached hydrogens (tertiary/aromatic N) is 2. The molecule has 2 aromatic carbocycles. The number of hydroxylamine groups is 2. The van der Waals surface area contributed by atoms with Crippen LogP contribution in [0.3, 0.4) is 0 Å². The molecule has 1 spiro atoms. The Hall–Kier alpha value is -4.18. The summed E-state index contributed by atoms with van der Waals surface area (Å²) in [5, 5.41) is 26.5. The third kappa shape index (κ3) is 5.89. The van der Waals surface area contributed by atoms with E-state index in [1.54, 1.807) is 20.2 Å². The maximum atomic E-state index is 14.7. The first-order valence-corrected chi connectivity index (χ1v) is 16.9. The van der Waals surface area contributed by atoms with E-state index < -0.39 is 71.6 Å². The fraction of sp³-hybridized carbons (Fsp3) is 0.500. The summed E-state index contributed by atoms with van der Waals surface area (Å²) in [6.45, 7) is 1.05. The van der Waals surface area contributed by atoms with E-state index in [9.17, 15) is 29.4 Å². The Balaban J connectivity index is 1.23. The van der Waals surface area contributed by atoms with E-state index in [0.29, 0.717) is 12.8 Å². The van der Waals surface area contributed by atoms with Gasteiger partial charge in [0.1, 0.15) is 35.9 Å². The minimum absolute atomic E-state index is 0.0319. The Bertz CT molecular complexity index is 1690. The highest BCUT2D eigenvalue weighted by Gasteiger charge is 2.76. The van der Waals surface area contributed by atoms with Crippen LogP contribution in [-0.2, 0) is 57.6 Å². The van der Waals surface area contributed by atoms with Gasteiger partial charge in [0, 0.05) is 46.0 Å². The van der Waals surface area contributed by atoms with Gasteiger partial charge in [-0.15, -0.1) is 0 Å². The van der Waals surface area contributed by atoms with Crippen molar-refractivity contribution in [3.8, 4) is 0 Å². The molecule has 3 aliphatic heterocycles. The zero-order valence-corrected chi connectivity index (χ0v) is 28.1. The van der Waals surface area contributed by atoms with Crippen LogP contribution in [0, 0.1) is 5.41 Å². The summed E-state index contributed by atoms with van der Waals surface area (Å²) in [6, 6.07) is 12.7. The molecular weight excluding hydrogens is 648 g/mol. The molecule has 8 atom stereocenters. The normalized spacial score (nSPS) is 30.0. The van der Waals surface area contributed by atoms with Crippen molar-refractivity contribution in [1.29, 1.82) is 0 Å². The summed E-state index contributed by atoms with van der Waals surface area (Å²) in [6.07, 6.45) is -0.551. The zero-order valence-electron chi connectivity index (χ0n) is 28.1. The maximum absolute atomic E-state index is 14.7. The number of carbonyl (C=O) groups excluding carboxylic acids is 4. The van der Waals surface area contributed by atoms with Crippen molar-refractivity contribution < 1.29 is 48.4 Å². The van der Waals surface area contributed by atoms with Crippen LogP contribution in [0.2, 0.25) is 0 Å². The number of nitrogens with one attached hydrogen (secondary N) is 2. The molecular formula is C36H42N4O10. The van der Waals surface area contributed by atoms with Gasteiger partial charge in [0.05, 0.1) is 19.3 Å². The molecule has 0 aromatic heterocycles. The van der Waals surface area contributed by atoms with E-state index in [1.807, 2.05) is 48.5 Å². The monoisotopic (exact) mass is 690 g/mol. The minimum Gasteiger partial charge on any atom is -0.458 e. The van der Waals surface area contributed by atoms with E-state index in [2.05, 4.69) is 10.6 Å². The molecule has 2 aromatic rings. The van der Waals surface area contributed by atoms with Crippen LogP contribution in [0.5, 0.6) is 0 Å². The number of fused-ring (bicyclic) bond motifs is 5. The Morgan fingerprint density at radius 2 is 1.80 bits per heavy atom. The highest BCUT2D eigenvalue weighted by Crippen LogP contribution is 2.58. The minimum atomic E-state index is -1.58. The number of aliphatic hydroxyl groups is 2. The number of rotatable bonds is 10. The largest absolute Gasteiger partial charge is 0.458 e. The highest BCUT2D eigenvalue weighted by atomic mass is 16.8. The van der Waals surface area contributed by atoms with Crippen molar-refractivity contribution in [2.24, 2.45) is 5.41 Å².